The molecule has 4 amide bonds. The molecule has 0 aromatic heterocycles. The fourth-order valence-electron chi connectivity index (χ4n) is 3.63. The SMILES string of the molecule is C/C(=C\C(F)N1C(=O)c2ccccc2C1=O)C(C)N1C(=O)c2ccccc2C1=O. The zero-order chi connectivity index (χ0) is 20.9. The summed E-state index contributed by atoms with van der Waals surface area (Å²) in [6, 6.07) is 11.9. The maximum Gasteiger partial charge on any atom is 0.264 e. The van der Waals surface area contributed by atoms with Crippen molar-refractivity contribution in [1.29, 1.82) is 0 Å². The van der Waals surface area contributed by atoms with Gasteiger partial charge in [0.15, 0.2) is 0 Å². The molecule has 2 atom stereocenters. The lowest BCUT2D eigenvalue weighted by Gasteiger charge is -2.25. The largest absolute Gasteiger partial charge is 0.269 e. The van der Waals surface area contributed by atoms with Gasteiger partial charge in [0.25, 0.3) is 23.6 Å². The van der Waals surface area contributed by atoms with Gasteiger partial charge in [-0.25, -0.2) is 9.29 Å². The molecule has 7 heteroatoms. The molecule has 0 spiro atoms. The molecule has 146 valence electrons. The summed E-state index contributed by atoms with van der Waals surface area (Å²) in [5.74, 6) is -2.34. The number of hydrogen-bond acceptors (Lipinski definition) is 4. The van der Waals surface area contributed by atoms with Crippen LogP contribution in [0, 0.1) is 0 Å². The van der Waals surface area contributed by atoms with Crippen LogP contribution in [0.25, 0.3) is 0 Å². The monoisotopic (exact) mass is 392 g/mol. The minimum Gasteiger partial charge on any atom is -0.269 e. The number of alkyl halides is 1. The molecule has 0 saturated carbocycles. The van der Waals surface area contributed by atoms with Crippen LogP contribution in [-0.4, -0.2) is 45.8 Å². The van der Waals surface area contributed by atoms with Crippen molar-refractivity contribution >= 4 is 23.6 Å². The predicted molar refractivity (Wildman–Crippen MR) is 102 cm³/mol. The zero-order valence-electron chi connectivity index (χ0n) is 15.8. The lowest BCUT2D eigenvalue weighted by atomic mass is 10.1. The Balaban J connectivity index is 1.58. The third-order valence-electron chi connectivity index (χ3n) is 5.34. The molecule has 2 aromatic carbocycles. The van der Waals surface area contributed by atoms with Gasteiger partial charge in [0.2, 0.25) is 6.30 Å². The Morgan fingerprint density at radius 3 is 1.48 bits per heavy atom. The van der Waals surface area contributed by atoms with Gasteiger partial charge in [0.1, 0.15) is 0 Å². The van der Waals surface area contributed by atoms with E-state index in [9.17, 15) is 23.6 Å². The van der Waals surface area contributed by atoms with E-state index in [0.29, 0.717) is 21.6 Å². The summed E-state index contributed by atoms with van der Waals surface area (Å²) < 4.78 is 14.9. The van der Waals surface area contributed by atoms with Gasteiger partial charge >= 0.3 is 0 Å². The van der Waals surface area contributed by atoms with Gasteiger partial charge in [-0.3, -0.25) is 24.1 Å². The maximum atomic E-state index is 14.9. The van der Waals surface area contributed by atoms with Crippen LogP contribution >= 0.6 is 0 Å². The Kier molecular flexibility index (Phi) is 4.38. The first-order valence-corrected chi connectivity index (χ1v) is 9.09. The van der Waals surface area contributed by atoms with Gasteiger partial charge in [0.05, 0.1) is 28.3 Å². The fourth-order valence-corrected chi connectivity index (χ4v) is 3.63. The fraction of sp³-hybridized carbons (Fsp3) is 0.182. The second-order valence-corrected chi connectivity index (χ2v) is 7.01. The van der Waals surface area contributed by atoms with Crippen LogP contribution in [0.4, 0.5) is 4.39 Å². The molecule has 2 aliphatic rings. The topological polar surface area (TPSA) is 74.8 Å². The second-order valence-electron chi connectivity index (χ2n) is 7.01. The van der Waals surface area contributed by atoms with Crippen molar-refractivity contribution in [2.75, 3.05) is 0 Å². The molecule has 0 radical (unpaired) electrons. The summed E-state index contributed by atoms with van der Waals surface area (Å²) in [5, 5.41) is 0. The van der Waals surface area contributed by atoms with E-state index in [1.54, 1.807) is 50.2 Å². The van der Waals surface area contributed by atoms with E-state index in [1.165, 1.54) is 12.1 Å². The first kappa shape index (κ1) is 18.7. The number of imide groups is 2. The van der Waals surface area contributed by atoms with Crippen LogP contribution in [0.3, 0.4) is 0 Å². The third kappa shape index (κ3) is 2.77. The average molecular weight is 392 g/mol. The second kappa shape index (κ2) is 6.77. The van der Waals surface area contributed by atoms with E-state index >= 15 is 0 Å². The molecule has 0 saturated heterocycles. The Morgan fingerprint density at radius 1 is 0.759 bits per heavy atom. The molecule has 0 N–H and O–H groups in total. The standard InChI is InChI=1S/C22H17FN2O4/c1-12(13(2)24-19(26)14-7-3-4-8-15(14)20(24)27)11-18(23)25-21(28)16-9-5-6-10-17(16)22(25)29/h3-11,13,18H,1-2H3/b12-11+. The molecule has 2 aliphatic heterocycles. The third-order valence-corrected chi connectivity index (χ3v) is 5.34. The van der Waals surface area contributed by atoms with Crippen LogP contribution in [0.1, 0.15) is 55.3 Å². The molecule has 0 bridgehead atoms. The summed E-state index contributed by atoms with van der Waals surface area (Å²) >= 11 is 0. The lowest BCUT2D eigenvalue weighted by molar-refractivity contribution is 0.0488. The Hall–Kier alpha value is -3.61. The Bertz CT molecular complexity index is 1040. The summed E-state index contributed by atoms with van der Waals surface area (Å²) in [5.41, 5.74) is 1.26. The number of halogens is 1. The Morgan fingerprint density at radius 2 is 1.10 bits per heavy atom. The van der Waals surface area contributed by atoms with E-state index in [2.05, 4.69) is 0 Å². The average Bonchev–Trinajstić information content (AvgIpc) is 3.12. The number of benzene rings is 2. The summed E-state index contributed by atoms with van der Waals surface area (Å²) in [6.07, 6.45) is -0.921. The van der Waals surface area contributed by atoms with Gasteiger partial charge in [-0.2, -0.15) is 0 Å². The van der Waals surface area contributed by atoms with Gasteiger partial charge in [0, 0.05) is 0 Å². The number of fused-ring (bicyclic) bond motifs is 2. The van der Waals surface area contributed by atoms with Gasteiger partial charge in [-0.05, 0) is 49.8 Å². The highest BCUT2D eigenvalue weighted by Gasteiger charge is 2.41. The molecular formula is C22H17FN2O4. The van der Waals surface area contributed by atoms with Crippen molar-refractivity contribution in [3.8, 4) is 0 Å². The van der Waals surface area contributed by atoms with Crippen LogP contribution in [-0.2, 0) is 0 Å². The van der Waals surface area contributed by atoms with Crippen molar-refractivity contribution in [3.05, 3.63) is 82.4 Å². The number of carbonyl (C=O) groups excluding carboxylic acids is 4. The summed E-state index contributed by atoms with van der Waals surface area (Å²) in [7, 11) is 0. The highest BCUT2D eigenvalue weighted by molar-refractivity contribution is 6.22. The highest BCUT2D eigenvalue weighted by atomic mass is 19.1. The normalized spacial score (nSPS) is 18.2. The minimum atomic E-state index is -2.01. The first-order chi connectivity index (χ1) is 13.8. The van der Waals surface area contributed by atoms with Crippen molar-refractivity contribution in [2.45, 2.75) is 26.2 Å². The highest BCUT2D eigenvalue weighted by Crippen LogP contribution is 2.29. The van der Waals surface area contributed by atoms with Crippen LogP contribution < -0.4 is 0 Å². The molecule has 2 unspecified atom stereocenters. The van der Waals surface area contributed by atoms with E-state index in [0.717, 1.165) is 11.0 Å². The lowest BCUT2D eigenvalue weighted by Crippen LogP contribution is -2.40. The zero-order valence-corrected chi connectivity index (χ0v) is 15.8. The number of amides is 4. The molecule has 2 heterocycles. The smallest absolute Gasteiger partial charge is 0.264 e. The number of nitrogens with zero attached hydrogens (tertiary/aromatic N) is 2. The first-order valence-electron chi connectivity index (χ1n) is 9.09. The van der Waals surface area contributed by atoms with Gasteiger partial charge in [-0.1, -0.05) is 24.3 Å². The van der Waals surface area contributed by atoms with E-state index in [4.69, 9.17) is 0 Å². The number of carbonyl (C=O) groups is 4. The molecular weight excluding hydrogens is 375 g/mol. The van der Waals surface area contributed by atoms with Crippen LogP contribution in [0.2, 0.25) is 0 Å². The predicted octanol–water partition coefficient (Wildman–Crippen LogP) is 3.21. The quantitative estimate of drug-likeness (QED) is 0.455. The molecule has 2 aromatic rings. The summed E-state index contributed by atoms with van der Waals surface area (Å²) in [6.45, 7) is 3.15. The number of rotatable bonds is 4. The van der Waals surface area contributed by atoms with Crippen molar-refractivity contribution in [3.63, 3.8) is 0 Å². The van der Waals surface area contributed by atoms with Crippen molar-refractivity contribution in [1.82, 2.24) is 9.80 Å². The molecule has 0 fully saturated rings. The van der Waals surface area contributed by atoms with Gasteiger partial charge in [-0.15, -0.1) is 0 Å². The molecule has 29 heavy (non-hydrogen) atoms. The van der Waals surface area contributed by atoms with Crippen molar-refractivity contribution < 1.29 is 23.6 Å². The molecule has 6 nitrogen and oxygen atoms in total. The minimum absolute atomic E-state index is 0.152. The van der Waals surface area contributed by atoms with Crippen LogP contribution in [0.15, 0.2) is 60.2 Å². The molecule has 0 aliphatic carbocycles. The Labute approximate surface area is 166 Å². The maximum absolute atomic E-state index is 14.9. The number of hydrogen-bond donors (Lipinski definition) is 0. The van der Waals surface area contributed by atoms with E-state index < -0.39 is 36.0 Å². The summed E-state index contributed by atoms with van der Waals surface area (Å²) in [4.78, 5) is 51.7. The molecule has 4 rings (SSSR count). The van der Waals surface area contributed by atoms with Gasteiger partial charge < -0.3 is 0 Å². The van der Waals surface area contributed by atoms with Crippen molar-refractivity contribution in [2.24, 2.45) is 0 Å². The van der Waals surface area contributed by atoms with Crippen LogP contribution in [0.5, 0.6) is 0 Å². The van der Waals surface area contributed by atoms with E-state index in [-0.39, 0.29) is 11.1 Å². The van der Waals surface area contributed by atoms with E-state index in [1.807, 2.05) is 0 Å².